The normalized spacial score (nSPS) is 11.8. The van der Waals surface area contributed by atoms with Crippen molar-refractivity contribution in [1.29, 1.82) is 0 Å². The summed E-state index contributed by atoms with van der Waals surface area (Å²) in [7, 11) is 0. The van der Waals surface area contributed by atoms with Gasteiger partial charge < -0.3 is 5.11 Å². The minimum atomic E-state index is -0.959. The fraction of sp³-hybridized carbons (Fsp3) is 0.385. The van der Waals surface area contributed by atoms with E-state index in [9.17, 15) is 5.11 Å². The second-order valence-corrected chi connectivity index (χ2v) is 4.59. The Morgan fingerprint density at radius 1 is 1.29 bits per heavy atom. The van der Waals surface area contributed by atoms with E-state index in [2.05, 4.69) is 23.3 Å². The lowest BCUT2D eigenvalue weighted by molar-refractivity contribution is 0.0737. The van der Waals surface area contributed by atoms with Gasteiger partial charge in [-0.3, -0.25) is 0 Å². The third-order valence-corrected chi connectivity index (χ3v) is 2.74. The van der Waals surface area contributed by atoms with Gasteiger partial charge in [0, 0.05) is 0 Å². The van der Waals surface area contributed by atoms with Crippen molar-refractivity contribution in [1.82, 2.24) is 15.0 Å². The van der Waals surface area contributed by atoms with E-state index in [1.807, 2.05) is 18.2 Å². The van der Waals surface area contributed by atoms with Crippen LogP contribution in [0.25, 0.3) is 5.69 Å². The third kappa shape index (κ3) is 2.36. The van der Waals surface area contributed by atoms with Crippen molar-refractivity contribution in [2.45, 2.75) is 32.8 Å². The van der Waals surface area contributed by atoms with Crippen LogP contribution in [0.5, 0.6) is 0 Å². The lowest BCUT2D eigenvalue weighted by Crippen LogP contribution is -2.15. The molecule has 0 radical (unpaired) electrons. The average Bonchev–Trinajstić information content (AvgIpc) is 2.77. The topological polar surface area (TPSA) is 50.9 Å². The zero-order chi connectivity index (χ0) is 12.5. The molecule has 0 atom stereocenters. The molecular weight excluding hydrogens is 214 g/mol. The molecule has 0 aliphatic rings. The predicted octanol–water partition coefficient (Wildman–Crippen LogP) is 2.06. The zero-order valence-corrected chi connectivity index (χ0v) is 10.4. The van der Waals surface area contributed by atoms with Crippen molar-refractivity contribution < 1.29 is 5.11 Å². The minimum absolute atomic E-state index is 0.573. The van der Waals surface area contributed by atoms with E-state index in [1.165, 1.54) is 5.56 Å². The van der Waals surface area contributed by atoms with Crippen molar-refractivity contribution in [3.63, 3.8) is 0 Å². The first-order valence-electron chi connectivity index (χ1n) is 5.76. The summed E-state index contributed by atoms with van der Waals surface area (Å²) in [4.78, 5) is 0. The van der Waals surface area contributed by atoms with Crippen molar-refractivity contribution in [3.05, 3.63) is 41.7 Å². The molecule has 0 aliphatic heterocycles. The van der Waals surface area contributed by atoms with Gasteiger partial charge >= 0.3 is 0 Å². The summed E-state index contributed by atoms with van der Waals surface area (Å²) in [6.45, 7) is 5.51. The van der Waals surface area contributed by atoms with Crippen LogP contribution >= 0.6 is 0 Å². The average molecular weight is 231 g/mol. The fourth-order valence-electron chi connectivity index (χ4n) is 1.70. The SMILES string of the molecule is CCc1ccccc1-n1cc(C(C)(C)O)nn1. The largest absolute Gasteiger partial charge is 0.384 e. The van der Waals surface area contributed by atoms with E-state index < -0.39 is 5.60 Å². The van der Waals surface area contributed by atoms with E-state index in [0.29, 0.717) is 5.69 Å². The molecule has 0 spiro atoms. The first-order chi connectivity index (χ1) is 8.02. The summed E-state index contributed by atoms with van der Waals surface area (Å²) in [5.74, 6) is 0. The van der Waals surface area contributed by atoms with Gasteiger partial charge in [0.2, 0.25) is 0 Å². The molecule has 2 aromatic rings. The number of benzene rings is 1. The molecule has 0 saturated heterocycles. The maximum Gasteiger partial charge on any atom is 0.114 e. The first kappa shape index (κ1) is 11.8. The van der Waals surface area contributed by atoms with Crippen molar-refractivity contribution in [3.8, 4) is 5.69 Å². The second kappa shape index (κ2) is 4.30. The maximum absolute atomic E-state index is 9.86. The van der Waals surface area contributed by atoms with Gasteiger partial charge in [0.05, 0.1) is 11.9 Å². The fourth-order valence-corrected chi connectivity index (χ4v) is 1.70. The lowest BCUT2D eigenvalue weighted by atomic mass is 10.1. The molecule has 1 N–H and O–H groups in total. The number of nitrogens with zero attached hydrogens (tertiary/aromatic N) is 3. The highest BCUT2D eigenvalue weighted by molar-refractivity contribution is 5.40. The van der Waals surface area contributed by atoms with Crippen LogP contribution in [0, 0.1) is 0 Å². The zero-order valence-electron chi connectivity index (χ0n) is 10.4. The molecule has 90 valence electrons. The molecule has 0 amide bonds. The second-order valence-electron chi connectivity index (χ2n) is 4.59. The Morgan fingerprint density at radius 2 is 2.00 bits per heavy atom. The predicted molar refractivity (Wildman–Crippen MR) is 66.0 cm³/mol. The van der Waals surface area contributed by atoms with Crippen LogP contribution in [0.1, 0.15) is 32.0 Å². The van der Waals surface area contributed by atoms with Gasteiger partial charge in [0.15, 0.2) is 0 Å². The molecule has 4 nitrogen and oxygen atoms in total. The van der Waals surface area contributed by atoms with Crippen LogP contribution < -0.4 is 0 Å². The van der Waals surface area contributed by atoms with Crippen LogP contribution in [0.2, 0.25) is 0 Å². The molecule has 1 aromatic carbocycles. The molecule has 0 aliphatic carbocycles. The molecule has 1 heterocycles. The molecule has 4 heteroatoms. The standard InChI is InChI=1S/C13H17N3O/c1-4-10-7-5-6-8-11(10)16-9-12(14-15-16)13(2,3)17/h5-9,17H,4H2,1-3H3. The van der Waals surface area contributed by atoms with Crippen molar-refractivity contribution in [2.24, 2.45) is 0 Å². The van der Waals surface area contributed by atoms with E-state index in [4.69, 9.17) is 0 Å². The highest BCUT2D eigenvalue weighted by atomic mass is 16.3. The Hall–Kier alpha value is -1.68. The van der Waals surface area contributed by atoms with Crippen molar-refractivity contribution >= 4 is 0 Å². The quantitative estimate of drug-likeness (QED) is 0.879. The van der Waals surface area contributed by atoms with E-state index in [0.717, 1.165) is 12.1 Å². The van der Waals surface area contributed by atoms with Crippen LogP contribution in [-0.2, 0) is 12.0 Å². The number of aliphatic hydroxyl groups is 1. The lowest BCUT2D eigenvalue weighted by Gasteiger charge is -2.12. The molecule has 2 rings (SSSR count). The monoisotopic (exact) mass is 231 g/mol. The van der Waals surface area contributed by atoms with Crippen LogP contribution in [0.3, 0.4) is 0 Å². The first-order valence-corrected chi connectivity index (χ1v) is 5.76. The molecule has 1 aromatic heterocycles. The van der Waals surface area contributed by atoms with Gasteiger partial charge in [0.1, 0.15) is 11.3 Å². The smallest absolute Gasteiger partial charge is 0.114 e. The van der Waals surface area contributed by atoms with E-state index in [-0.39, 0.29) is 0 Å². The van der Waals surface area contributed by atoms with Gasteiger partial charge in [0.25, 0.3) is 0 Å². The van der Waals surface area contributed by atoms with Gasteiger partial charge in [-0.2, -0.15) is 0 Å². The summed E-state index contributed by atoms with van der Waals surface area (Å²) in [5.41, 5.74) is 1.83. The van der Waals surface area contributed by atoms with Crippen LogP contribution in [0.4, 0.5) is 0 Å². The number of hydrogen-bond donors (Lipinski definition) is 1. The highest BCUT2D eigenvalue weighted by Crippen LogP contribution is 2.19. The summed E-state index contributed by atoms with van der Waals surface area (Å²) in [6.07, 6.45) is 2.71. The highest BCUT2D eigenvalue weighted by Gasteiger charge is 2.20. The third-order valence-electron chi connectivity index (χ3n) is 2.74. The van der Waals surface area contributed by atoms with E-state index in [1.54, 1.807) is 24.7 Å². The van der Waals surface area contributed by atoms with Gasteiger partial charge in [-0.05, 0) is 31.9 Å². The Morgan fingerprint density at radius 3 is 2.59 bits per heavy atom. The van der Waals surface area contributed by atoms with Gasteiger partial charge in [-0.25, -0.2) is 4.68 Å². The van der Waals surface area contributed by atoms with Crippen LogP contribution in [0.15, 0.2) is 30.5 Å². The number of hydrogen-bond acceptors (Lipinski definition) is 3. The Bertz CT molecular complexity index is 511. The van der Waals surface area contributed by atoms with Gasteiger partial charge in [-0.15, -0.1) is 5.10 Å². The Kier molecular flexibility index (Phi) is 2.98. The summed E-state index contributed by atoms with van der Waals surface area (Å²) in [6, 6.07) is 8.05. The summed E-state index contributed by atoms with van der Waals surface area (Å²) in [5, 5.41) is 17.9. The molecular formula is C13H17N3O. The Labute approximate surface area is 101 Å². The summed E-state index contributed by atoms with van der Waals surface area (Å²) < 4.78 is 1.71. The van der Waals surface area contributed by atoms with Crippen molar-refractivity contribution in [2.75, 3.05) is 0 Å². The number of aromatic nitrogens is 3. The van der Waals surface area contributed by atoms with Crippen LogP contribution in [-0.4, -0.2) is 20.1 Å². The maximum atomic E-state index is 9.86. The summed E-state index contributed by atoms with van der Waals surface area (Å²) >= 11 is 0. The molecule has 0 fully saturated rings. The molecule has 0 unspecified atom stereocenters. The number of aryl methyl sites for hydroxylation is 1. The molecule has 0 saturated carbocycles. The number of rotatable bonds is 3. The van der Waals surface area contributed by atoms with E-state index >= 15 is 0 Å². The molecule has 17 heavy (non-hydrogen) atoms. The molecule has 0 bridgehead atoms. The number of para-hydroxylation sites is 1. The minimum Gasteiger partial charge on any atom is -0.384 e. The van der Waals surface area contributed by atoms with Gasteiger partial charge in [-0.1, -0.05) is 30.3 Å². The Balaban J connectivity index is 2.44.